The summed E-state index contributed by atoms with van der Waals surface area (Å²) in [5, 5.41) is 3.58. The molecule has 1 atom stereocenters. The van der Waals surface area contributed by atoms with Gasteiger partial charge in [-0.1, -0.05) is 56.9 Å². The molecule has 1 aromatic carbocycles. The second-order valence-electron chi connectivity index (χ2n) is 6.02. The van der Waals surface area contributed by atoms with E-state index in [1.807, 2.05) is 0 Å². The van der Waals surface area contributed by atoms with Gasteiger partial charge in [0, 0.05) is 6.04 Å². The maximum atomic E-state index is 3.58. The predicted molar refractivity (Wildman–Crippen MR) is 83.6 cm³/mol. The minimum absolute atomic E-state index is 0.658. The van der Waals surface area contributed by atoms with Gasteiger partial charge in [-0.25, -0.2) is 0 Å². The molecule has 1 unspecified atom stereocenters. The van der Waals surface area contributed by atoms with Crippen molar-refractivity contribution < 1.29 is 0 Å². The van der Waals surface area contributed by atoms with Gasteiger partial charge in [-0.05, 0) is 49.8 Å². The molecule has 0 radical (unpaired) electrons. The summed E-state index contributed by atoms with van der Waals surface area (Å²) in [6.45, 7) is 2.22. The molecule has 1 aliphatic carbocycles. The molecule has 1 fully saturated rings. The van der Waals surface area contributed by atoms with Gasteiger partial charge in [0.1, 0.15) is 0 Å². The van der Waals surface area contributed by atoms with Gasteiger partial charge >= 0.3 is 0 Å². The van der Waals surface area contributed by atoms with Gasteiger partial charge in [-0.2, -0.15) is 0 Å². The summed E-state index contributed by atoms with van der Waals surface area (Å²) in [5.74, 6) is 0.873. The van der Waals surface area contributed by atoms with Crippen LogP contribution in [0.3, 0.4) is 0 Å². The number of likely N-dealkylation sites (N-methyl/N-ethyl adjacent to an activating group) is 1. The first kappa shape index (κ1) is 14.6. The molecule has 0 amide bonds. The Balaban J connectivity index is 1.96. The van der Waals surface area contributed by atoms with E-state index >= 15 is 0 Å². The summed E-state index contributed by atoms with van der Waals surface area (Å²) in [6, 6.07) is 9.87. The van der Waals surface area contributed by atoms with Crippen LogP contribution in [0, 0.1) is 5.92 Å². The summed E-state index contributed by atoms with van der Waals surface area (Å²) in [4.78, 5) is 0. The fraction of sp³-hybridized carbons (Fsp3) is 0.667. The van der Waals surface area contributed by atoms with Gasteiger partial charge < -0.3 is 5.32 Å². The highest BCUT2D eigenvalue weighted by molar-refractivity contribution is 5.23. The molecule has 1 heteroatoms. The number of rotatable bonds is 5. The Morgan fingerprint density at radius 3 is 2.11 bits per heavy atom. The highest BCUT2D eigenvalue weighted by Crippen LogP contribution is 2.27. The van der Waals surface area contributed by atoms with Gasteiger partial charge in [0.15, 0.2) is 0 Å². The van der Waals surface area contributed by atoms with Crippen molar-refractivity contribution in [1.29, 1.82) is 0 Å². The zero-order valence-electron chi connectivity index (χ0n) is 12.6. The average molecular weight is 259 g/mol. The smallest absolute Gasteiger partial charge is 0.0133 e. The van der Waals surface area contributed by atoms with E-state index in [-0.39, 0.29) is 0 Å². The molecular formula is C18H29N. The lowest BCUT2D eigenvalue weighted by Gasteiger charge is -2.26. The van der Waals surface area contributed by atoms with Crippen LogP contribution in [-0.4, -0.2) is 13.1 Å². The lowest BCUT2D eigenvalue weighted by Crippen LogP contribution is -2.35. The van der Waals surface area contributed by atoms with Crippen LogP contribution in [0.5, 0.6) is 0 Å². The Morgan fingerprint density at radius 2 is 1.58 bits per heavy atom. The summed E-state index contributed by atoms with van der Waals surface area (Å²) >= 11 is 0. The maximum Gasteiger partial charge on any atom is 0.0133 e. The van der Waals surface area contributed by atoms with Crippen LogP contribution in [0.4, 0.5) is 0 Å². The summed E-state index contributed by atoms with van der Waals surface area (Å²) in [5.41, 5.74) is 2.93. The zero-order valence-corrected chi connectivity index (χ0v) is 12.6. The molecule has 1 aliphatic rings. The predicted octanol–water partition coefficient (Wildman–Crippen LogP) is 4.35. The van der Waals surface area contributed by atoms with Crippen molar-refractivity contribution in [2.24, 2.45) is 5.92 Å². The quantitative estimate of drug-likeness (QED) is 0.775. The van der Waals surface area contributed by atoms with Crippen LogP contribution in [0.1, 0.15) is 56.6 Å². The molecule has 19 heavy (non-hydrogen) atoms. The first-order chi connectivity index (χ1) is 9.33. The molecule has 1 N–H and O–H groups in total. The molecule has 0 spiro atoms. The van der Waals surface area contributed by atoms with Crippen molar-refractivity contribution in [3.8, 4) is 0 Å². The Kier molecular flexibility index (Phi) is 5.91. The monoisotopic (exact) mass is 259 g/mol. The number of benzene rings is 1. The molecule has 0 heterocycles. The second-order valence-corrected chi connectivity index (χ2v) is 6.02. The Hall–Kier alpha value is -0.820. The van der Waals surface area contributed by atoms with Crippen LogP contribution in [0.15, 0.2) is 24.3 Å². The largest absolute Gasteiger partial charge is 0.316 e. The van der Waals surface area contributed by atoms with Crippen LogP contribution < -0.4 is 5.32 Å². The highest BCUT2D eigenvalue weighted by Gasteiger charge is 2.21. The molecular weight excluding hydrogens is 230 g/mol. The minimum atomic E-state index is 0.658. The van der Waals surface area contributed by atoms with Gasteiger partial charge in [0.2, 0.25) is 0 Å². The molecule has 0 saturated heterocycles. The van der Waals surface area contributed by atoms with Crippen LogP contribution in [0.25, 0.3) is 0 Å². The van der Waals surface area contributed by atoms with E-state index in [0.717, 1.165) is 12.3 Å². The van der Waals surface area contributed by atoms with E-state index in [1.165, 1.54) is 56.1 Å². The highest BCUT2D eigenvalue weighted by atomic mass is 14.9. The van der Waals surface area contributed by atoms with E-state index in [4.69, 9.17) is 0 Å². The topological polar surface area (TPSA) is 12.0 Å². The second kappa shape index (κ2) is 7.69. The third kappa shape index (κ3) is 4.35. The van der Waals surface area contributed by atoms with Crippen molar-refractivity contribution >= 4 is 0 Å². The van der Waals surface area contributed by atoms with Crippen molar-refractivity contribution in [3.63, 3.8) is 0 Å². The van der Waals surface area contributed by atoms with Crippen LogP contribution in [-0.2, 0) is 12.8 Å². The van der Waals surface area contributed by atoms with Crippen molar-refractivity contribution in [1.82, 2.24) is 5.32 Å². The Labute approximate surface area is 118 Å². The van der Waals surface area contributed by atoms with Crippen molar-refractivity contribution in [3.05, 3.63) is 35.4 Å². The van der Waals surface area contributed by atoms with E-state index in [0.29, 0.717) is 6.04 Å². The van der Waals surface area contributed by atoms with E-state index in [2.05, 4.69) is 43.6 Å². The fourth-order valence-corrected chi connectivity index (χ4v) is 3.38. The summed E-state index contributed by atoms with van der Waals surface area (Å²) < 4.78 is 0. The first-order valence-corrected chi connectivity index (χ1v) is 8.08. The lowest BCUT2D eigenvalue weighted by molar-refractivity contribution is 0.332. The molecule has 0 aromatic heterocycles. The van der Waals surface area contributed by atoms with Crippen LogP contribution >= 0.6 is 0 Å². The molecule has 0 aliphatic heterocycles. The van der Waals surface area contributed by atoms with E-state index in [9.17, 15) is 0 Å². The van der Waals surface area contributed by atoms with Gasteiger partial charge in [0.05, 0.1) is 0 Å². The Morgan fingerprint density at radius 1 is 1.00 bits per heavy atom. The third-order valence-corrected chi connectivity index (χ3v) is 4.73. The Bertz CT molecular complexity index is 346. The summed E-state index contributed by atoms with van der Waals surface area (Å²) in [6.07, 6.45) is 10.9. The van der Waals surface area contributed by atoms with Gasteiger partial charge in [0.25, 0.3) is 0 Å². The minimum Gasteiger partial charge on any atom is -0.316 e. The third-order valence-electron chi connectivity index (χ3n) is 4.73. The van der Waals surface area contributed by atoms with Gasteiger partial charge in [-0.15, -0.1) is 0 Å². The summed E-state index contributed by atoms with van der Waals surface area (Å²) in [7, 11) is 2.13. The fourth-order valence-electron chi connectivity index (χ4n) is 3.38. The first-order valence-electron chi connectivity index (χ1n) is 8.08. The molecule has 1 aromatic rings. The molecule has 1 saturated carbocycles. The SMILES string of the molecule is CCc1ccc(CC(NC)C2CCCCCC2)cc1. The van der Waals surface area contributed by atoms with E-state index < -0.39 is 0 Å². The van der Waals surface area contributed by atoms with Gasteiger partial charge in [-0.3, -0.25) is 0 Å². The molecule has 1 nitrogen and oxygen atoms in total. The number of hydrogen-bond acceptors (Lipinski definition) is 1. The van der Waals surface area contributed by atoms with Crippen molar-refractivity contribution in [2.75, 3.05) is 7.05 Å². The normalized spacial score (nSPS) is 19.1. The number of aryl methyl sites for hydroxylation is 1. The zero-order chi connectivity index (χ0) is 13.5. The lowest BCUT2D eigenvalue weighted by atomic mass is 9.87. The standard InChI is InChI=1S/C18H29N/c1-3-15-10-12-16(13-11-15)14-18(19-2)17-8-6-4-5-7-9-17/h10-13,17-19H,3-9,14H2,1-2H3. The molecule has 2 rings (SSSR count). The number of nitrogens with one attached hydrogen (secondary N) is 1. The van der Waals surface area contributed by atoms with Crippen molar-refractivity contribution in [2.45, 2.75) is 64.3 Å². The molecule has 106 valence electrons. The number of hydrogen-bond donors (Lipinski definition) is 1. The average Bonchev–Trinajstić information content (AvgIpc) is 2.74. The molecule has 0 bridgehead atoms. The maximum absolute atomic E-state index is 3.58. The van der Waals surface area contributed by atoms with Crippen LogP contribution in [0.2, 0.25) is 0 Å². The van der Waals surface area contributed by atoms with E-state index in [1.54, 1.807) is 0 Å².